The van der Waals surface area contributed by atoms with Gasteiger partial charge in [-0.05, 0) is 26.8 Å². The molecular formula is C18H36N4. The van der Waals surface area contributed by atoms with E-state index in [1.807, 2.05) is 46.9 Å². The van der Waals surface area contributed by atoms with Crippen LogP contribution in [0.25, 0.3) is 0 Å². The Morgan fingerprint density at radius 3 is 1.91 bits per heavy atom. The molecule has 4 nitrogen and oxygen atoms in total. The predicted molar refractivity (Wildman–Crippen MR) is 99.6 cm³/mol. The van der Waals surface area contributed by atoms with Crippen LogP contribution in [-0.2, 0) is 0 Å². The van der Waals surface area contributed by atoms with Gasteiger partial charge in [-0.25, -0.2) is 9.97 Å². The molecule has 0 unspecified atom stereocenters. The Morgan fingerprint density at radius 2 is 1.50 bits per heavy atom. The monoisotopic (exact) mass is 308 g/mol. The van der Waals surface area contributed by atoms with Gasteiger partial charge < -0.3 is 4.90 Å². The standard InChI is InChI=1S/C12H20N4.2C2H6.C2H4/c1-10(2)15-6-8-16(9-7-15)12-13-5-4-11(3)14-12;3*1-2/h4-5,10H,6-9H2,1-3H3;2*1-2H3;1-2H2. The smallest absolute Gasteiger partial charge is 0.225 e. The van der Waals surface area contributed by atoms with Gasteiger partial charge in [-0.3, -0.25) is 4.90 Å². The molecule has 0 aliphatic carbocycles. The van der Waals surface area contributed by atoms with E-state index in [1.165, 1.54) is 0 Å². The average molecular weight is 309 g/mol. The second-order valence-corrected chi connectivity index (χ2v) is 4.61. The van der Waals surface area contributed by atoms with Crippen molar-refractivity contribution in [2.45, 2.75) is 54.5 Å². The van der Waals surface area contributed by atoms with Gasteiger partial charge in [0.2, 0.25) is 5.95 Å². The van der Waals surface area contributed by atoms with Gasteiger partial charge >= 0.3 is 0 Å². The number of hydrogen-bond donors (Lipinski definition) is 0. The lowest BCUT2D eigenvalue weighted by Crippen LogP contribution is -2.49. The van der Waals surface area contributed by atoms with Gasteiger partial charge in [-0.1, -0.05) is 27.7 Å². The van der Waals surface area contributed by atoms with Crippen molar-refractivity contribution in [3.05, 3.63) is 31.1 Å². The molecule has 0 atom stereocenters. The van der Waals surface area contributed by atoms with Gasteiger partial charge in [-0.15, -0.1) is 13.2 Å². The quantitative estimate of drug-likeness (QED) is 0.768. The fourth-order valence-corrected chi connectivity index (χ4v) is 2.03. The molecule has 1 aliphatic heterocycles. The summed E-state index contributed by atoms with van der Waals surface area (Å²) in [4.78, 5) is 13.6. The molecule has 4 heteroatoms. The summed E-state index contributed by atoms with van der Waals surface area (Å²) in [6.45, 7) is 24.8. The van der Waals surface area contributed by atoms with Crippen molar-refractivity contribution in [2.24, 2.45) is 0 Å². The first-order valence-corrected chi connectivity index (χ1v) is 8.45. The molecule has 2 rings (SSSR count). The van der Waals surface area contributed by atoms with E-state index in [9.17, 15) is 0 Å². The Bertz CT molecular complexity index is 358. The molecular weight excluding hydrogens is 272 g/mol. The molecule has 0 amide bonds. The maximum absolute atomic E-state index is 4.46. The van der Waals surface area contributed by atoms with Crippen LogP contribution in [0.4, 0.5) is 5.95 Å². The number of aromatic nitrogens is 2. The first-order valence-electron chi connectivity index (χ1n) is 8.45. The molecule has 0 bridgehead atoms. The van der Waals surface area contributed by atoms with E-state index in [1.54, 1.807) is 0 Å². The second kappa shape index (κ2) is 14.5. The number of rotatable bonds is 2. The molecule has 0 aromatic carbocycles. The Balaban J connectivity index is 0. The summed E-state index contributed by atoms with van der Waals surface area (Å²) in [6, 6.07) is 2.58. The highest BCUT2D eigenvalue weighted by atomic mass is 15.3. The highest BCUT2D eigenvalue weighted by Crippen LogP contribution is 2.12. The van der Waals surface area contributed by atoms with Crippen LogP contribution >= 0.6 is 0 Å². The minimum Gasteiger partial charge on any atom is -0.338 e. The van der Waals surface area contributed by atoms with Crippen LogP contribution in [0.2, 0.25) is 0 Å². The Hall–Kier alpha value is -1.42. The maximum atomic E-state index is 4.46. The summed E-state index contributed by atoms with van der Waals surface area (Å²) in [5.41, 5.74) is 1.04. The Labute approximate surface area is 138 Å². The van der Waals surface area contributed by atoms with E-state index in [0.717, 1.165) is 37.8 Å². The minimum absolute atomic E-state index is 0.639. The first-order chi connectivity index (χ1) is 10.7. The van der Waals surface area contributed by atoms with Crippen molar-refractivity contribution in [3.8, 4) is 0 Å². The van der Waals surface area contributed by atoms with E-state index < -0.39 is 0 Å². The van der Waals surface area contributed by atoms with Gasteiger partial charge in [0.1, 0.15) is 0 Å². The normalized spacial score (nSPS) is 13.9. The summed E-state index contributed by atoms with van der Waals surface area (Å²) >= 11 is 0. The SMILES string of the molecule is C=C.CC.CC.Cc1ccnc(N2CCN(C(C)C)CC2)n1. The van der Waals surface area contributed by atoms with Crippen LogP contribution in [0.3, 0.4) is 0 Å². The lowest BCUT2D eigenvalue weighted by Gasteiger charge is -2.36. The molecule has 0 radical (unpaired) electrons. The van der Waals surface area contributed by atoms with E-state index >= 15 is 0 Å². The Morgan fingerprint density at radius 1 is 1.00 bits per heavy atom. The molecule has 128 valence electrons. The van der Waals surface area contributed by atoms with Crippen LogP contribution < -0.4 is 4.90 Å². The molecule has 0 spiro atoms. The molecule has 2 heterocycles. The van der Waals surface area contributed by atoms with Crippen molar-refractivity contribution in [2.75, 3.05) is 31.1 Å². The number of nitrogens with zero attached hydrogens (tertiary/aromatic N) is 4. The molecule has 0 N–H and O–H groups in total. The van der Waals surface area contributed by atoms with Crippen molar-refractivity contribution in [3.63, 3.8) is 0 Å². The largest absolute Gasteiger partial charge is 0.338 e. The molecule has 1 aromatic heterocycles. The molecule has 1 aromatic rings. The zero-order valence-corrected chi connectivity index (χ0v) is 15.8. The van der Waals surface area contributed by atoms with Crippen LogP contribution in [0.15, 0.2) is 25.4 Å². The Kier molecular flexibility index (Phi) is 15.1. The van der Waals surface area contributed by atoms with Crippen LogP contribution in [0.5, 0.6) is 0 Å². The van der Waals surface area contributed by atoms with Crippen LogP contribution in [0.1, 0.15) is 47.2 Å². The van der Waals surface area contributed by atoms with Gasteiger partial charge in [0.15, 0.2) is 0 Å². The van der Waals surface area contributed by atoms with Crippen molar-refractivity contribution >= 4 is 5.95 Å². The summed E-state index contributed by atoms with van der Waals surface area (Å²) < 4.78 is 0. The number of anilines is 1. The number of piperazine rings is 1. The van der Waals surface area contributed by atoms with Gasteiger partial charge in [0.25, 0.3) is 0 Å². The molecule has 0 saturated carbocycles. The maximum Gasteiger partial charge on any atom is 0.225 e. The molecule has 1 fully saturated rings. The first kappa shape index (κ1) is 22.9. The molecule has 1 aliphatic rings. The molecule has 1 saturated heterocycles. The third-order valence-corrected chi connectivity index (χ3v) is 3.11. The lowest BCUT2D eigenvalue weighted by atomic mass is 10.2. The topological polar surface area (TPSA) is 32.3 Å². The molecule has 22 heavy (non-hydrogen) atoms. The van der Waals surface area contributed by atoms with E-state index in [4.69, 9.17) is 0 Å². The summed E-state index contributed by atoms with van der Waals surface area (Å²) in [5, 5.41) is 0. The van der Waals surface area contributed by atoms with Crippen molar-refractivity contribution < 1.29 is 0 Å². The van der Waals surface area contributed by atoms with Gasteiger partial charge in [-0.2, -0.15) is 0 Å². The zero-order chi connectivity index (χ0) is 17.5. The highest BCUT2D eigenvalue weighted by molar-refractivity contribution is 5.30. The number of hydrogen-bond acceptors (Lipinski definition) is 4. The van der Waals surface area contributed by atoms with Crippen LogP contribution in [0, 0.1) is 6.92 Å². The summed E-state index contributed by atoms with van der Waals surface area (Å²) in [5.74, 6) is 0.878. The van der Waals surface area contributed by atoms with Gasteiger partial charge in [0.05, 0.1) is 0 Å². The second-order valence-electron chi connectivity index (χ2n) is 4.61. The van der Waals surface area contributed by atoms with E-state index in [0.29, 0.717) is 6.04 Å². The fourth-order valence-electron chi connectivity index (χ4n) is 2.03. The average Bonchev–Trinajstić information content (AvgIpc) is 2.60. The lowest BCUT2D eigenvalue weighted by molar-refractivity contribution is 0.208. The van der Waals surface area contributed by atoms with Crippen LogP contribution in [-0.4, -0.2) is 47.1 Å². The third-order valence-electron chi connectivity index (χ3n) is 3.11. The predicted octanol–water partition coefficient (Wildman–Crippen LogP) is 4.17. The third kappa shape index (κ3) is 8.13. The highest BCUT2D eigenvalue weighted by Gasteiger charge is 2.20. The fraction of sp³-hybridized carbons (Fsp3) is 0.667. The van der Waals surface area contributed by atoms with E-state index in [-0.39, 0.29) is 0 Å². The summed E-state index contributed by atoms with van der Waals surface area (Å²) in [7, 11) is 0. The van der Waals surface area contributed by atoms with Crippen molar-refractivity contribution in [1.82, 2.24) is 14.9 Å². The van der Waals surface area contributed by atoms with Crippen molar-refractivity contribution in [1.29, 1.82) is 0 Å². The summed E-state index contributed by atoms with van der Waals surface area (Å²) in [6.07, 6.45) is 1.84. The van der Waals surface area contributed by atoms with Gasteiger partial charge in [0, 0.05) is 44.1 Å². The minimum atomic E-state index is 0.639. The zero-order valence-electron chi connectivity index (χ0n) is 15.8. The number of aryl methyl sites for hydroxylation is 1. The van der Waals surface area contributed by atoms with E-state index in [2.05, 4.69) is 46.8 Å².